The minimum atomic E-state index is 0.907. The maximum atomic E-state index is 5.08. The molecule has 4 heterocycles. The fraction of sp³-hybridized carbons (Fsp3) is 0. The number of rotatable bonds is 3. The number of hydrogen-bond donors (Lipinski definition) is 0. The molecule has 11 aromatic rings. The van der Waals surface area contributed by atoms with Crippen LogP contribution < -0.4 is 0 Å². The van der Waals surface area contributed by atoms with Crippen molar-refractivity contribution in [3.8, 4) is 45.0 Å². The lowest BCUT2D eigenvalue weighted by atomic mass is 10.00. The normalized spacial score (nSPS) is 12.2. The minimum Gasteiger partial charge on any atom is -0.309 e. The lowest BCUT2D eigenvalue weighted by Crippen LogP contribution is -1.98. The summed E-state index contributed by atoms with van der Waals surface area (Å²) in [6.07, 6.45) is 3.90. The smallest absolute Gasteiger partial charge is 0.138 e. The Morgan fingerprint density at radius 2 is 1.12 bits per heavy atom. The highest BCUT2D eigenvalue weighted by Crippen LogP contribution is 2.47. The van der Waals surface area contributed by atoms with Gasteiger partial charge in [0.15, 0.2) is 0 Å². The van der Waals surface area contributed by atoms with Crippen LogP contribution in [-0.4, -0.2) is 19.1 Å². The molecule has 0 amide bonds. The molecule has 4 aromatic heterocycles. The molecule has 0 fully saturated rings. The van der Waals surface area contributed by atoms with Gasteiger partial charge in [-0.15, -0.1) is 0 Å². The number of hydrogen-bond acceptors (Lipinski definition) is 2. The van der Waals surface area contributed by atoms with Crippen molar-refractivity contribution in [1.82, 2.24) is 19.1 Å². The Balaban J connectivity index is 1.06. The van der Waals surface area contributed by atoms with Crippen LogP contribution in [0, 0.1) is 0 Å². The zero-order valence-electron chi connectivity index (χ0n) is 28.0. The fourth-order valence-electron chi connectivity index (χ4n) is 8.84. The van der Waals surface area contributed by atoms with Gasteiger partial charge in [0, 0.05) is 56.0 Å². The van der Waals surface area contributed by atoms with E-state index in [0.29, 0.717) is 0 Å². The summed E-state index contributed by atoms with van der Waals surface area (Å²) in [6.45, 7) is 0. The highest BCUT2D eigenvalue weighted by Gasteiger charge is 2.24. The zero-order valence-corrected chi connectivity index (χ0v) is 28.0. The van der Waals surface area contributed by atoms with Crippen LogP contribution in [-0.2, 0) is 0 Å². The van der Waals surface area contributed by atoms with Gasteiger partial charge in [0.05, 0.1) is 27.8 Å². The molecule has 0 unspecified atom stereocenters. The van der Waals surface area contributed by atoms with Gasteiger partial charge in [-0.25, -0.2) is 4.98 Å². The largest absolute Gasteiger partial charge is 0.309 e. The Morgan fingerprint density at radius 3 is 1.98 bits per heavy atom. The van der Waals surface area contributed by atoms with Crippen LogP contribution in [0.3, 0.4) is 0 Å². The number of aromatic nitrogens is 4. The second-order valence-electron chi connectivity index (χ2n) is 13.8. The van der Waals surface area contributed by atoms with Crippen molar-refractivity contribution in [3.63, 3.8) is 0 Å². The number of para-hydroxylation sites is 2. The Morgan fingerprint density at radius 1 is 0.404 bits per heavy atom. The van der Waals surface area contributed by atoms with E-state index in [-0.39, 0.29) is 0 Å². The topological polar surface area (TPSA) is 35.6 Å². The third-order valence-electron chi connectivity index (χ3n) is 11.1. The predicted molar refractivity (Wildman–Crippen MR) is 216 cm³/mol. The first-order chi connectivity index (χ1) is 25.8. The molecule has 0 saturated carbocycles. The molecule has 0 aliphatic heterocycles. The molecule has 0 saturated heterocycles. The van der Waals surface area contributed by atoms with Gasteiger partial charge in [0.1, 0.15) is 5.82 Å². The van der Waals surface area contributed by atoms with E-state index in [4.69, 9.17) is 9.97 Å². The van der Waals surface area contributed by atoms with Gasteiger partial charge >= 0.3 is 0 Å². The molecular formula is C48H28N4. The molecule has 7 aromatic carbocycles. The van der Waals surface area contributed by atoms with Crippen molar-refractivity contribution < 1.29 is 0 Å². The minimum absolute atomic E-state index is 0.907. The first-order valence-corrected chi connectivity index (χ1v) is 17.7. The maximum absolute atomic E-state index is 5.08. The van der Waals surface area contributed by atoms with Gasteiger partial charge in [0.25, 0.3) is 0 Å². The van der Waals surface area contributed by atoms with Crippen molar-refractivity contribution in [2.75, 3.05) is 0 Å². The van der Waals surface area contributed by atoms with E-state index in [1.807, 2.05) is 12.4 Å². The average molecular weight is 661 g/mol. The number of fused-ring (bicyclic) bond motifs is 11. The first kappa shape index (κ1) is 27.7. The summed E-state index contributed by atoms with van der Waals surface area (Å²) in [5.41, 5.74) is 12.8. The van der Waals surface area contributed by atoms with E-state index in [1.165, 1.54) is 76.4 Å². The second kappa shape index (κ2) is 10.3. The van der Waals surface area contributed by atoms with Crippen LogP contribution in [0.25, 0.3) is 110 Å². The molecule has 4 nitrogen and oxygen atoms in total. The van der Waals surface area contributed by atoms with Crippen LogP contribution in [0.4, 0.5) is 0 Å². The molecule has 4 heteroatoms. The third kappa shape index (κ3) is 3.70. The van der Waals surface area contributed by atoms with E-state index < -0.39 is 0 Å². The molecule has 1 aliphatic carbocycles. The Hall–Kier alpha value is -7.04. The van der Waals surface area contributed by atoms with Crippen molar-refractivity contribution in [3.05, 3.63) is 170 Å². The molecule has 0 bridgehead atoms. The van der Waals surface area contributed by atoms with Gasteiger partial charge in [-0.2, -0.15) is 0 Å². The van der Waals surface area contributed by atoms with Crippen molar-refractivity contribution in [2.24, 2.45) is 0 Å². The molecular weight excluding hydrogens is 633 g/mol. The highest BCUT2D eigenvalue weighted by molar-refractivity contribution is 6.19. The fourth-order valence-corrected chi connectivity index (χ4v) is 8.84. The van der Waals surface area contributed by atoms with Crippen LogP contribution in [0.15, 0.2) is 170 Å². The molecule has 52 heavy (non-hydrogen) atoms. The van der Waals surface area contributed by atoms with E-state index in [2.05, 4.69) is 167 Å². The van der Waals surface area contributed by atoms with Crippen LogP contribution >= 0.6 is 0 Å². The summed E-state index contributed by atoms with van der Waals surface area (Å²) in [4.78, 5) is 9.84. The summed E-state index contributed by atoms with van der Waals surface area (Å²) in [7, 11) is 0. The Labute approximate surface area is 298 Å². The number of benzene rings is 7. The van der Waals surface area contributed by atoms with E-state index in [1.54, 1.807) is 0 Å². The van der Waals surface area contributed by atoms with Gasteiger partial charge < -0.3 is 4.57 Å². The van der Waals surface area contributed by atoms with Crippen molar-refractivity contribution >= 4 is 65.2 Å². The summed E-state index contributed by atoms with van der Waals surface area (Å²) in [5.74, 6) is 0.907. The Bertz CT molecular complexity index is 3290. The van der Waals surface area contributed by atoms with E-state index in [9.17, 15) is 0 Å². The standard InChI is InChI=1S/C48H28N4/c1-2-11-33(12-3-1)51-43-21-18-32(26-40(43)37-20-17-29-9-4-5-13-34(29)48(37)51)31-19-22-44-39(25-31)35-14-6-7-16-42(35)52(44)45-27-38-36-15-8-10-30-23-24-49-47(46(30)36)41(38)28-50-45/h1-28H. The summed E-state index contributed by atoms with van der Waals surface area (Å²) < 4.78 is 4.74. The maximum Gasteiger partial charge on any atom is 0.138 e. The highest BCUT2D eigenvalue weighted by atomic mass is 15.1. The average Bonchev–Trinajstić information content (AvgIpc) is 3.84. The first-order valence-electron chi connectivity index (χ1n) is 17.7. The number of nitrogens with zero attached hydrogens (tertiary/aromatic N) is 4. The van der Waals surface area contributed by atoms with Gasteiger partial charge in [0.2, 0.25) is 0 Å². The van der Waals surface area contributed by atoms with Gasteiger partial charge in [-0.05, 0) is 87.6 Å². The van der Waals surface area contributed by atoms with Gasteiger partial charge in [-0.1, -0.05) is 103 Å². The zero-order chi connectivity index (χ0) is 33.9. The predicted octanol–water partition coefficient (Wildman–Crippen LogP) is 12.3. The summed E-state index contributed by atoms with van der Waals surface area (Å²) in [5, 5.41) is 9.84. The Kier molecular flexibility index (Phi) is 5.47. The molecule has 1 aliphatic rings. The lowest BCUT2D eigenvalue weighted by Gasteiger charge is -2.10. The van der Waals surface area contributed by atoms with Crippen molar-refractivity contribution in [2.45, 2.75) is 0 Å². The molecule has 0 N–H and O–H groups in total. The van der Waals surface area contributed by atoms with E-state index in [0.717, 1.165) is 33.8 Å². The molecule has 0 atom stereocenters. The second-order valence-corrected chi connectivity index (χ2v) is 13.8. The lowest BCUT2D eigenvalue weighted by molar-refractivity contribution is 1.08. The quantitative estimate of drug-likeness (QED) is 0.189. The summed E-state index contributed by atoms with van der Waals surface area (Å²) >= 11 is 0. The summed E-state index contributed by atoms with van der Waals surface area (Å²) in [6, 6.07) is 57.3. The number of pyridine rings is 2. The molecule has 0 radical (unpaired) electrons. The monoisotopic (exact) mass is 660 g/mol. The van der Waals surface area contributed by atoms with Crippen LogP contribution in [0.2, 0.25) is 0 Å². The van der Waals surface area contributed by atoms with Crippen molar-refractivity contribution in [1.29, 1.82) is 0 Å². The molecule has 0 spiro atoms. The van der Waals surface area contributed by atoms with Crippen LogP contribution in [0.5, 0.6) is 0 Å². The molecule has 12 rings (SSSR count). The van der Waals surface area contributed by atoms with E-state index >= 15 is 0 Å². The SMILES string of the molecule is c1ccc(-n2c3ccc(-c4ccc5c(c4)c4ccccc4n5-c4cc5c(cn4)-c4nccc6cccc-5c46)cc3c3ccc4ccccc4c32)cc1. The van der Waals surface area contributed by atoms with Gasteiger partial charge in [-0.3, -0.25) is 9.55 Å². The molecule has 240 valence electrons. The third-order valence-corrected chi connectivity index (χ3v) is 11.1. The van der Waals surface area contributed by atoms with Crippen LogP contribution in [0.1, 0.15) is 0 Å².